The van der Waals surface area contributed by atoms with Crippen molar-refractivity contribution in [2.24, 2.45) is 5.92 Å². The summed E-state index contributed by atoms with van der Waals surface area (Å²) in [5, 5.41) is 1.22. The first-order valence-electron chi connectivity index (χ1n) is 5.71. The van der Waals surface area contributed by atoms with Crippen LogP contribution in [0.2, 0.25) is 6.04 Å². The van der Waals surface area contributed by atoms with Crippen molar-refractivity contribution in [3.8, 4) is 0 Å². The second-order valence-electron chi connectivity index (χ2n) is 4.63. The molecule has 0 heterocycles. The maximum absolute atomic E-state index is 5.74. The van der Waals surface area contributed by atoms with Crippen LogP contribution in [0.3, 0.4) is 0 Å². The molecule has 0 bridgehead atoms. The highest BCUT2D eigenvalue weighted by Crippen LogP contribution is 2.18. The average Bonchev–Trinajstić information content (AvgIpc) is 2.27. The molecule has 0 fully saturated rings. The second-order valence-corrected chi connectivity index (χ2v) is 7.93. The predicted molar refractivity (Wildman–Crippen MR) is 70.2 cm³/mol. The lowest BCUT2D eigenvalue weighted by atomic mass is 10.2. The van der Waals surface area contributed by atoms with E-state index < -0.39 is 8.56 Å². The van der Waals surface area contributed by atoms with Gasteiger partial charge in [0.15, 0.2) is 0 Å². The van der Waals surface area contributed by atoms with Crippen molar-refractivity contribution in [3.05, 3.63) is 29.8 Å². The van der Waals surface area contributed by atoms with Crippen molar-refractivity contribution in [2.45, 2.75) is 26.8 Å². The molecule has 0 saturated heterocycles. The van der Waals surface area contributed by atoms with Crippen LogP contribution in [-0.4, -0.2) is 22.8 Å². The molecule has 90 valence electrons. The highest BCUT2D eigenvalue weighted by Gasteiger charge is 2.38. The number of hydrogen-bond acceptors (Lipinski definition) is 2. The van der Waals surface area contributed by atoms with Gasteiger partial charge < -0.3 is 8.85 Å². The third kappa shape index (κ3) is 2.94. The summed E-state index contributed by atoms with van der Waals surface area (Å²) < 4.78 is 11.5. The quantitative estimate of drug-likeness (QED) is 0.734. The van der Waals surface area contributed by atoms with Crippen molar-refractivity contribution in [2.75, 3.05) is 14.2 Å². The van der Waals surface area contributed by atoms with Crippen LogP contribution in [0.1, 0.15) is 19.4 Å². The van der Waals surface area contributed by atoms with E-state index in [0.717, 1.165) is 6.04 Å². The van der Waals surface area contributed by atoms with Crippen molar-refractivity contribution in [1.29, 1.82) is 0 Å². The smallest absolute Gasteiger partial charge is 0.372 e. The molecule has 16 heavy (non-hydrogen) atoms. The lowest BCUT2D eigenvalue weighted by Gasteiger charge is -2.29. The van der Waals surface area contributed by atoms with E-state index in [1.807, 2.05) is 0 Å². The zero-order valence-corrected chi connectivity index (χ0v) is 11.9. The van der Waals surface area contributed by atoms with Gasteiger partial charge in [-0.25, -0.2) is 0 Å². The zero-order chi connectivity index (χ0) is 12.2. The van der Waals surface area contributed by atoms with E-state index in [9.17, 15) is 0 Å². The summed E-state index contributed by atoms with van der Waals surface area (Å²) in [6.07, 6.45) is 0. The Balaban J connectivity index is 3.04. The van der Waals surface area contributed by atoms with Crippen LogP contribution in [0.15, 0.2) is 24.3 Å². The number of rotatable bonds is 5. The van der Waals surface area contributed by atoms with Gasteiger partial charge in [0.2, 0.25) is 0 Å². The van der Waals surface area contributed by atoms with Crippen LogP contribution in [0.25, 0.3) is 0 Å². The molecule has 3 heteroatoms. The SMILES string of the molecule is CO[Si](CC(C)C)(OC)c1ccc(C)cc1. The molecular weight excluding hydrogens is 216 g/mol. The lowest BCUT2D eigenvalue weighted by molar-refractivity contribution is 0.252. The molecule has 0 aromatic heterocycles. The minimum absolute atomic E-state index is 0.577. The maximum Gasteiger partial charge on any atom is 0.372 e. The molecule has 0 aliphatic rings. The third-order valence-corrected chi connectivity index (χ3v) is 6.71. The van der Waals surface area contributed by atoms with Gasteiger partial charge in [0.25, 0.3) is 0 Å². The second kappa shape index (κ2) is 5.62. The minimum Gasteiger partial charge on any atom is -0.394 e. The Morgan fingerprint density at radius 3 is 1.94 bits per heavy atom. The van der Waals surface area contributed by atoms with Gasteiger partial charge in [-0.3, -0.25) is 0 Å². The first kappa shape index (κ1) is 13.4. The summed E-state index contributed by atoms with van der Waals surface area (Å²) in [4.78, 5) is 0. The Labute approximate surface area is 99.8 Å². The normalized spacial score (nSPS) is 12.1. The van der Waals surface area contributed by atoms with E-state index in [2.05, 4.69) is 45.0 Å². The molecule has 1 aromatic carbocycles. The van der Waals surface area contributed by atoms with Gasteiger partial charge in [-0.1, -0.05) is 43.7 Å². The first-order chi connectivity index (χ1) is 7.54. The van der Waals surface area contributed by atoms with E-state index in [1.165, 1.54) is 10.8 Å². The van der Waals surface area contributed by atoms with Gasteiger partial charge >= 0.3 is 8.56 Å². The molecule has 1 rings (SSSR count). The first-order valence-corrected chi connectivity index (χ1v) is 7.74. The van der Waals surface area contributed by atoms with Gasteiger partial charge in [-0.2, -0.15) is 0 Å². The van der Waals surface area contributed by atoms with Crippen molar-refractivity contribution in [3.63, 3.8) is 0 Å². The largest absolute Gasteiger partial charge is 0.394 e. The number of benzene rings is 1. The van der Waals surface area contributed by atoms with Crippen LogP contribution in [0.5, 0.6) is 0 Å². The number of hydrogen-bond donors (Lipinski definition) is 0. The zero-order valence-electron chi connectivity index (χ0n) is 10.9. The molecule has 0 saturated carbocycles. The van der Waals surface area contributed by atoms with Crippen LogP contribution in [0.4, 0.5) is 0 Å². The Morgan fingerprint density at radius 2 is 1.56 bits per heavy atom. The fourth-order valence-corrected chi connectivity index (χ4v) is 4.91. The summed E-state index contributed by atoms with van der Waals surface area (Å²) in [6, 6.07) is 9.50. The Hall–Kier alpha value is -0.643. The van der Waals surface area contributed by atoms with Gasteiger partial charge in [0, 0.05) is 14.2 Å². The van der Waals surface area contributed by atoms with Crippen LogP contribution < -0.4 is 5.19 Å². The summed E-state index contributed by atoms with van der Waals surface area (Å²) in [5.74, 6) is 0.577. The van der Waals surface area contributed by atoms with Gasteiger partial charge in [-0.05, 0) is 24.1 Å². The van der Waals surface area contributed by atoms with Crippen LogP contribution in [-0.2, 0) is 8.85 Å². The van der Waals surface area contributed by atoms with Crippen LogP contribution in [0, 0.1) is 12.8 Å². The molecule has 0 radical (unpaired) electrons. The molecule has 0 amide bonds. The lowest BCUT2D eigenvalue weighted by Crippen LogP contribution is -2.53. The van der Waals surface area contributed by atoms with Gasteiger partial charge in [0.1, 0.15) is 0 Å². The summed E-state index contributed by atoms with van der Waals surface area (Å²) in [6.45, 7) is 6.50. The molecule has 2 nitrogen and oxygen atoms in total. The summed E-state index contributed by atoms with van der Waals surface area (Å²) in [5.41, 5.74) is 1.27. The molecule has 0 spiro atoms. The van der Waals surface area contributed by atoms with Crippen molar-refractivity contribution < 1.29 is 8.85 Å². The molecule has 0 aliphatic heterocycles. The molecule has 1 aromatic rings. The highest BCUT2D eigenvalue weighted by molar-refractivity contribution is 6.81. The van der Waals surface area contributed by atoms with E-state index in [4.69, 9.17) is 8.85 Å². The van der Waals surface area contributed by atoms with E-state index >= 15 is 0 Å². The molecule has 0 aliphatic carbocycles. The molecule has 0 atom stereocenters. The molecule has 0 N–H and O–H groups in total. The molecule has 0 unspecified atom stereocenters. The summed E-state index contributed by atoms with van der Waals surface area (Å²) in [7, 11) is 1.32. The summed E-state index contributed by atoms with van der Waals surface area (Å²) >= 11 is 0. The monoisotopic (exact) mass is 238 g/mol. The predicted octanol–water partition coefficient (Wildman–Crippen LogP) is 2.59. The van der Waals surface area contributed by atoms with Gasteiger partial charge in [-0.15, -0.1) is 0 Å². The Morgan fingerprint density at radius 1 is 1.06 bits per heavy atom. The van der Waals surface area contributed by atoms with Crippen molar-refractivity contribution >= 4 is 13.7 Å². The highest BCUT2D eigenvalue weighted by atomic mass is 28.4. The fraction of sp³-hybridized carbons (Fsp3) is 0.538. The Bertz CT molecular complexity index is 315. The average molecular weight is 238 g/mol. The Kier molecular flexibility index (Phi) is 4.71. The maximum atomic E-state index is 5.74. The minimum atomic E-state index is -2.21. The topological polar surface area (TPSA) is 18.5 Å². The third-order valence-electron chi connectivity index (χ3n) is 2.83. The van der Waals surface area contributed by atoms with Crippen LogP contribution >= 0.6 is 0 Å². The van der Waals surface area contributed by atoms with E-state index in [1.54, 1.807) is 14.2 Å². The standard InChI is InChI=1S/C13H22O2Si/c1-11(2)10-16(14-4,15-5)13-8-6-12(3)7-9-13/h6-9,11H,10H2,1-5H3. The number of aryl methyl sites for hydroxylation is 1. The van der Waals surface area contributed by atoms with Gasteiger partial charge in [0.05, 0.1) is 0 Å². The van der Waals surface area contributed by atoms with E-state index in [-0.39, 0.29) is 0 Å². The van der Waals surface area contributed by atoms with Crippen molar-refractivity contribution in [1.82, 2.24) is 0 Å². The van der Waals surface area contributed by atoms with E-state index in [0.29, 0.717) is 5.92 Å². The molecular formula is C13H22O2Si. The fourth-order valence-electron chi connectivity index (χ4n) is 1.95.